The smallest absolute Gasteiger partial charge is 0.261 e. The lowest BCUT2D eigenvalue weighted by Crippen LogP contribution is -2.16. The molecule has 3 rings (SSSR count). The third-order valence-electron chi connectivity index (χ3n) is 4.31. The maximum atomic E-state index is 12.9. The summed E-state index contributed by atoms with van der Waals surface area (Å²) in [5, 5.41) is 3.12. The van der Waals surface area contributed by atoms with Crippen molar-refractivity contribution in [3.05, 3.63) is 77.3 Å². The molecule has 168 valence electrons. The molecule has 0 spiro atoms. The van der Waals surface area contributed by atoms with Crippen LogP contribution in [0.2, 0.25) is 5.02 Å². The number of ether oxygens (including phenoxy) is 2. The highest BCUT2D eigenvalue weighted by Crippen LogP contribution is 2.30. The van der Waals surface area contributed by atoms with E-state index in [0.717, 1.165) is 0 Å². The summed E-state index contributed by atoms with van der Waals surface area (Å²) < 4.78 is 39.3. The largest absolute Gasteiger partial charge is 0.494 e. The molecule has 0 aliphatic carbocycles. The third kappa shape index (κ3) is 5.93. The SMILES string of the molecule is CCOc1ccc(NS(=O)(=O)c2ccc(OCC)c(NC(=O)c3cccc(Cl)c3)c2)cc1. The van der Waals surface area contributed by atoms with Gasteiger partial charge in [0.15, 0.2) is 0 Å². The normalized spacial score (nSPS) is 11.0. The van der Waals surface area contributed by atoms with Gasteiger partial charge in [0.2, 0.25) is 0 Å². The molecule has 7 nitrogen and oxygen atoms in total. The van der Waals surface area contributed by atoms with Crippen LogP contribution < -0.4 is 19.5 Å². The molecular formula is C23H23ClN2O5S. The van der Waals surface area contributed by atoms with E-state index in [1.807, 2.05) is 6.92 Å². The van der Waals surface area contributed by atoms with Crippen molar-refractivity contribution in [2.75, 3.05) is 23.3 Å². The van der Waals surface area contributed by atoms with Crippen molar-refractivity contribution < 1.29 is 22.7 Å². The Kier molecular flexibility index (Phi) is 7.61. The predicted octanol–water partition coefficient (Wildman–Crippen LogP) is 5.19. The quantitative estimate of drug-likeness (QED) is 0.445. The molecule has 0 unspecified atom stereocenters. The van der Waals surface area contributed by atoms with Crippen molar-refractivity contribution in [2.24, 2.45) is 0 Å². The first-order valence-corrected chi connectivity index (χ1v) is 11.8. The predicted molar refractivity (Wildman–Crippen MR) is 125 cm³/mol. The minimum atomic E-state index is -3.92. The lowest BCUT2D eigenvalue weighted by Gasteiger charge is -2.15. The van der Waals surface area contributed by atoms with Crippen LogP contribution in [-0.2, 0) is 10.0 Å². The molecule has 0 aromatic heterocycles. The first kappa shape index (κ1) is 23.4. The van der Waals surface area contributed by atoms with Crippen molar-refractivity contribution in [1.29, 1.82) is 0 Å². The molecule has 0 saturated heterocycles. The van der Waals surface area contributed by atoms with E-state index in [1.165, 1.54) is 24.3 Å². The number of carbonyl (C=O) groups is 1. The molecule has 3 aromatic rings. The summed E-state index contributed by atoms with van der Waals surface area (Å²) in [4.78, 5) is 12.6. The maximum Gasteiger partial charge on any atom is 0.261 e. The van der Waals surface area contributed by atoms with E-state index in [4.69, 9.17) is 21.1 Å². The molecule has 0 radical (unpaired) electrons. The van der Waals surface area contributed by atoms with Crippen LogP contribution >= 0.6 is 11.6 Å². The van der Waals surface area contributed by atoms with E-state index in [1.54, 1.807) is 49.4 Å². The second-order valence-corrected chi connectivity index (χ2v) is 8.74. The molecule has 2 N–H and O–H groups in total. The van der Waals surface area contributed by atoms with Gasteiger partial charge in [-0.05, 0) is 74.5 Å². The summed E-state index contributed by atoms with van der Waals surface area (Å²) in [5.41, 5.74) is 0.943. The van der Waals surface area contributed by atoms with Gasteiger partial charge in [-0.3, -0.25) is 9.52 Å². The van der Waals surface area contributed by atoms with Crippen LogP contribution in [0.25, 0.3) is 0 Å². The third-order valence-corrected chi connectivity index (χ3v) is 5.93. The Morgan fingerprint density at radius 3 is 2.31 bits per heavy atom. The average molecular weight is 475 g/mol. The van der Waals surface area contributed by atoms with Crippen LogP contribution in [0.5, 0.6) is 11.5 Å². The van der Waals surface area contributed by atoms with Gasteiger partial charge in [-0.2, -0.15) is 0 Å². The van der Waals surface area contributed by atoms with Gasteiger partial charge in [0.05, 0.1) is 23.8 Å². The summed E-state index contributed by atoms with van der Waals surface area (Å²) in [6.07, 6.45) is 0. The number of rotatable bonds is 9. The van der Waals surface area contributed by atoms with Crippen molar-refractivity contribution >= 4 is 38.9 Å². The molecular weight excluding hydrogens is 452 g/mol. The Balaban J connectivity index is 1.87. The van der Waals surface area contributed by atoms with Crippen LogP contribution in [0.4, 0.5) is 11.4 Å². The topological polar surface area (TPSA) is 93.7 Å². The first-order chi connectivity index (χ1) is 15.3. The standard InChI is InChI=1S/C23H23ClN2O5S/c1-3-30-19-10-8-18(9-11-19)26-32(28,29)20-12-13-22(31-4-2)21(15-20)25-23(27)16-6-5-7-17(24)14-16/h5-15,26H,3-4H2,1-2H3,(H,25,27). The zero-order chi connectivity index (χ0) is 23.1. The lowest BCUT2D eigenvalue weighted by molar-refractivity contribution is 0.102. The van der Waals surface area contributed by atoms with Gasteiger partial charge in [-0.15, -0.1) is 0 Å². The van der Waals surface area contributed by atoms with E-state index in [0.29, 0.717) is 41.0 Å². The van der Waals surface area contributed by atoms with E-state index in [2.05, 4.69) is 10.0 Å². The van der Waals surface area contributed by atoms with Crippen LogP contribution in [-0.4, -0.2) is 27.5 Å². The number of halogens is 1. The maximum absolute atomic E-state index is 12.9. The van der Waals surface area contributed by atoms with Crippen LogP contribution in [0.1, 0.15) is 24.2 Å². The van der Waals surface area contributed by atoms with Crippen LogP contribution in [0.3, 0.4) is 0 Å². The Morgan fingerprint density at radius 1 is 0.938 bits per heavy atom. The van der Waals surface area contributed by atoms with Gasteiger partial charge in [-0.1, -0.05) is 17.7 Å². The fraction of sp³-hybridized carbons (Fsp3) is 0.174. The minimum absolute atomic E-state index is 0.0313. The molecule has 0 saturated carbocycles. The summed E-state index contributed by atoms with van der Waals surface area (Å²) in [6, 6.07) is 17.3. The highest BCUT2D eigenvalue weighted by molar-refractivity contribution is 7.92. The summed E-state index contributed by atoms with van der Waals surface area (Å²) >= 11 is 5.96. The molecule has 1 amide bonds. The number of benzene rings is 3. The Labute approximate surface area is 192 Å². The molecule has 32 heavy (non-hydrogen) atoms. The van der Waals surface area contributed by atoms with Gasteiger partial charge in [0, 0.05) is 16.3 Å². The lowest BCUT2D eigenvalue weighted by atomic mass is 10.2. The van der Waals surface area contributed by atoms with Gasteiger partial charge in [0.1, 0.15) is 11.5 Å². The zero-order valence-corrected chi connectivity index (χ0v) is 19.2. The highest BCUT2D eigenvalue weighted by atomic mass is 35.5. The molecule has 9 heteroatoms. The van der Waals surface area contributed by atoms with Crippen molar-refractivity contribution in [1.82, 2.24) is 0 Å². The molecule has 0 aliphatic rings. The number of nitrogens with one attached hydrogen (secondary N) is 2. The Bertz CT molecular complexity index is 1200. The second-order valence-electron chi connectivity index (χ2n) is 6.62. The molecule has 0 aliphatic heterocycles. The van der Waals surface area contributed by atoms with E-state index in [-0.39, 0.29) is 10.6 Å². The Morgan fingerprint density at radius 2 is 1.66 bits per heavy atom. The molecule has 0 atom stereocenters. The first-order valence-electron chi connectivity index (χ1n) is 9.92. The number of sulfonamides is 1. The zero-order valence-electron chi connectivity index (χ0n) is 17.6. The fourth-order valence-corrected chi connectivity index (χ4v) is 4.15. The summed E-state index contributed by atoms with van der Waals surface area (Å²) in [5.74, 6) is 0.549. The van der Waals surface area contributed by atoms with Gasteiger partial charge in [0.25, 0.3) is 15.9 Å². The Hall–Kier alpha value is -3.23. The van der Waals surface area contributed by atoms with Crippen LogP contribution in [0.15, 0.2) is 71.6 Å². The average Bonchev–Trinajstić information content (AvgIpc) is 2.76. The van der Waals surface area contributed by atoms with Gasteiger partial charge >= 0.3 is 0 Å². The number of amides is 1. The fourth-order valence-electron chi connectivity index (χ4n) is 2.88. The minimum Gasteiger partial charge on any atom is -0.494 e. The van der Waals surface area contributed by atoms with E-state index in [9.17, 15) is 13.2 Å². The molecule has 0 bridgehead atoms. The summed E-state index contributed by atoms with van der Waals surface area (Å²) in [6.45, 7) is 4.52. The van der Waals surface area contributed by atoms with Gasteiger partial charge in [-0.25, -0.2) is 8.42 Å². The number of carbonyl (C=O) groups excluding carboxylic acids is 1. The van der Waals surface area contributed by atoms with Gasteiger partial charge < -0.3 is 14.8 Å². The summed E-state index contributed by atoms with van der Waals surface area (Å²) in [7, 11) is -3.92. The monoisotopic (exact) mass is 474 g/mol. The van der Waals surface area contributed by atoms with Crippen molar-refractivity contribution in [3.63, 3.8) is 0 Å². The van der Waals surface area contributed by atoms with Crippen molar-refractivity contribution in [3.8, 4) is 11.5 Å². The van der Waals surface area contributed by atoms with Crippen molar-refractivity contribution in [2.45, 2.75) is 18.7 Å². The second kappa shape index (κ2) is 10.4. The van der Waals surface area contributed by atoms with E-state index < -0.39 is 15.9 Å². The number of hydrogen-bond acceptors (Lipinski definition) is 5. The van der Waals surface area contributed by atoms with E-state index >= 15 is 0 Å². The highest BCUT2D eigenvalue weighted by Gasteiger charge is 2.19. The molecule has 0 heterocycles. The van der Waals surface area contributed by atoms with Crippen LogP contribution in [0, 0.1) is 0 Å². The molecule has 0 fully saturated rings. The molecule has 3 aromatic carbocycles. The number of hydrogen-bond donors (Lipinski definition) is 2. The number of anilines is 2.